The van der Waals surface area contributed by atoms with Gasteiger partial charge < -0.3 is 10.1 Å². The van der Waals surface area contributed by atoms with Crippen molar-refractivity contribution in [2.24, 2.45) is 0 Å². The van der Waals surface area contributed by atoms with Gasteiger partial charge in [0.2, 0.25) is 0 Å². The Morgan fingerprint density at radius 2 is 2.40 bits per heavy atom. The molecule has 108 valence electrons. The Kier molecular flexibility index (Phi) is 4.21. The van der Waals surface area contributed by atoms with Gasteiger partial charge in [0, 0.05) is 25.1 Å². The van der Waals surface area contributed by atoms with Crippen LogP contribution >= 0.6 is 11.8 Å². The van der Waals surface area contributed by atoms with Crippen molar-refractivity contribution in [1.29, 1.82) is 0 Å². The predicted molar refractivity (Wildman–Crippen MR) is 77.8 cm³/mol. The summed E-state index contributed by atoms with van der Waals surface area (Å²) in [7, 11) is 0. The Morgan fingerprint density at radius 3 is 3.15 bits per heavy atom. The van der Waals surface area contributed by atoms with E-state index in [1.807, 2.05) is 18.7 Å². The Hall–Kier alpha value is -1.14. The van der Waals surface area contributed by atoms with Gasteiger partial charge in [-0.25, -0.2) is 14.8 Å². The van der Waals surface area contributed by atoms with E-state index in [9.17, 15) is 4.79 Å². The first-order valence-corrected chi connectivity index (χ1v) is 8.23. The second-order valence-electron chi connectivity index (χ2n) is 5.00. The van der Waals surface area contributed by atoms with E-state index in [-0.39, 0.29) is 5.97 Å². The summed E-state index contributed by atoms with van der Waals surface area (Å²) >= 11 is 1.89. The summed E-state index contributed by atoms with van der Waals surface area (Å²) in [5, 5.41) is 3.61. The minimum absolute atomic E-state index is 0.320. The second-order valence-corrected chi connectivity index (χ2v) is 6.32. The fraction of sp³-hybridized carbons (Fsp3) is 0.643. The van der Waals surface area contributed by atoms with E-state index in [0.717, 1.165) is 42.2 Å². The summed E-state index contributed by atoms with van der Waals surface area (Å²) in [5.74, 6) is 1.65. The van der Waals surface area contributed by atoms with Crippen molar-refractivity contribution in [3.8, 4) is 0 Å². The predicted octanol–water partition coefficient (Wildman–Crippen LogP) is 1.87. The van der Waals surface area contributed by atoms with Crippen molar-refractivity contribution in [2.45, 2.75) is 38.0 Å². The van der Waals surface area contributed by atoms with Gasteiger partial charge in [0.15, 0.2) is 5.69 Å². The highest BCUT2D eigenvalue weighted by atomic mass is 32.2. The van der Waals surface area contributed by atoms with Gasteiger partial charge in [-0.1, -0.05) is 0 Å². The third-order valence-electron chi connectivity index (χ3n) is 3.64. The molecular weight excluding hydrogens is 274 g/mol. The molecule has 1 unspecified atom stereocenters. The molecular formula is C14H19N3O2S. The Bertz CT molecular complexity index is 515. The number of esters is 1. The molecule has 0 amide bonds. The minimum atomic E-state index is -0.320. The number of ether oxygens (including phenoxy) is 1. The highest BCUT2D eigenvalue weighted by Gasteiger charge is 2.27. The van der Waals surface area contributed by atoms with Crippen molar-refractivity contribution in [3.05, 3.63) is 22.8 Å². The van der Waals surface area contributed by atoms with Gasteiger partial charge in [-0.05, 0) is 25.5 Å². The zero-order chi connectivity index (χ0) is 13.9. The summed E-state index contributed by atoms with van der Waals surface area (Å²) < 4.78 is 5.15. The molecule has 5 nitrogen and oxygen atoms in total. The number of hydrogen-bond acceptors (Lipinski definition) is 6. The zero-order valence-corrected chi connectivity index (χ0v) is 12.5. The van der Waals surface area contributed by atoms with E-state index in [1.165, 1.54) is 6.42 Å². The molecule has 1 aromatic rings. The van der Waals surface area contributed by atoms with E-state index in [4.69, 9.17) is 9.72 Å². The van der Waals surface area contributed by atoms with Gasteiger partial charge >= 0.3 is 5.97 Å². The van der Waals surface area contributed by atoms with Crippen LogP contribution in [0.3, 0.4) is 0 Å². The number of fused-ring (bicyclic) bond motifs is 1. The van der Waals surface area contributed by atoms with Crippen LogP contribution in [0.5, 0.6) is 0 Å². The number of nitrogens with zero attached hydrogens (tertiary/aromatic N) is 2. The summed E-state index contributed by atoms with van der Waals surface area (Å²) in [4.78, 5) is 21.4. The number of nitrogens with one attached hydrogen (secondary N) is 1. The normalized spacial score (nSPS) is 21.6. The lowest BCUT2D eigenvalue weighted by Gasteiger charge is -2.20. The summed E-state index contributed by atoms with van der Waals surface area (Å²) in [5.41, 5.74) is 2.40. The molecule has 1 N–H and O–H groups in total. The van der Waals surface area contributed by atoms with E-state index < -0.39 is 0 Å². The number of thioether (sulfide) groups is 1. The molecule has 2 aliphatic rings. The number of carbonyl (C=O) groups excluding carboxylic acids is 1. The highest BCUT2D eigenvalue weighted by molar-refractivity contribution is 7.99. The van der Waals surface area contributed by atoms with Crippen molar-refractivity contribution < 1.29 is 9.53 Å². The molecule has 0 saturated carbocycles. The minimum Gasteiger partial charge on any atom is -0.461 e. The first-order valence-electron chi connectivity index (χ1n) is 7.18. The van der Waals surface area contributed by atoms with Gasteiger partial charge in [0.05, 0.1) is 17.6 Å². The average Bonchev–Trinajstić information content (AvgIpc) is 3.00. The lowest BCUT2D eigenvalue weighted by Crippen LogP contribution is -2.29. The van der Waals surface area contributed by atoms with Crippen LogP contribution in [0.25, 0.3) is 0 Å². The molecule has 1 saturated heterocycles. The second kappa shape index (κ2) is 6.10. The molecule has 3 heterocycles. The van der Waals surface area contributed by atoms with Crippen LogP contribution in [0.15, 0.2) is 0 Å². The Labute approximate surface area is 122 Å². The summed E-state index contributed by atoms with van der Waals surface area (Å²) in [6.07, 6.45) is 3.16. The SMILES string of the molecule is CCOC(=O)c1nc(C2CCCS2)nc2c1CNCC2. The molecule has 0 spiro atoms. The van der Waals surface area contributed by atoms with E-state index in [0.29, 0.717) is 24.1 Å². The van der Waals surface area contributed by atoms with Crippen LogP contribution in [-0.4, -0.2) is 34.8 Å². The van der Waals surface area contributed by atoms with Gasteiger partial charge in [0.1, 0.15) is 5.82 Å². The fourth-order valence-electron chi connectivity index (χ4n) is 2.66. The largest absolute Gasteiger partial charge is 0.461 e. The number of carbonyl (C=O) groups is 1. The van der Waals surface area contributed by atoms with Crippen LogP contribution in [0.4, 0.5) is 0 Å². The maximum absolute atomic E-state index is 12.1. The van der Waals surface area contributed by atoms with Gasteiger partial charge in [-0.3, -0.25) is 0 Å². The van der Waals surface area contributed by atoms with E-state index in [2.05, 4.69) is 10.3 Å². The Morgan fingerprint density at radius 1 is 1.50 bits per heavy atom. The highest BCUT2D eigenvalue weighted by Crippen LogP contribution is 2.38. The van der Waals surface area contributed by atoms with Crippen LogP contribution in [-0.2, 0) is 17.7 Å². The first-order chi connectivity index (χ1) is 9.79. The number of hydrogen-bond donors (Lipinski definition) is 1. The van der Waals surface area contributed by atoms with E-state index >= 15 is 0 Å². The van der Waals surface area contributed by atoms with E-state index in [1.54, 1.807) is 0 Å². The van der Waals surface area contributed by atoms with Gasteiger partial charge in [-0.15, -0.1) is 0 Å². The molecule has 1 atom stereocenters. The molecule has 6 heteroatoms. The van der Waals surface area contributed by atoms with Crippen molar-refractivity contribution in [1.82, 2.24) is 15.3 Å². The molecule has 0 aliphatic carbocycles. The summed E-state index contributed by atoms with van der Waals surface area (Å²) in [6, 6.07) is 0. The number of rotatable bonds is 3. The fourth-order valence-corrected chi connectivity index (χ4v) is 3.86. The topological polar surface area (TPSA) is 64.1 Å². The standard InChI is InChI=1S/C14H19N3O2S/c1-2-19-14(18)12-9-8-15-6-5-10(9)16-13(17-12)11-4-3-7-20-11/h11,15H,2-8H2,1H3. The molecule has 0 bridgehead atoms. The molecule has 1 fully saturated rings. The Balaban J connectivity index is 2.00. The maximum atomic E-state index is 12.1. The molecule has 3 rings (SSSR count). The average molecular weight is 293 g/mol. The maximum Gasteiger partial charge on any atom is 0.357 e. The molecule has 0 aromatic carbocycles. The third kappa shape index (κ3) is 2.67. The van der Waals surface area contributed by atoms with Crippen LogP contribution in [0, 0.1) is 0 Å². The number of aromatic nitrogens is 2. The molecule has 0 radical (unpaired) electrons. The third-order valence-corrected chi connectivity index (χ3v) is 5.01. The smallest absolute Gasteiger partial charge is 0.357 e. The van der Waals surface area contributed by atoms with Crippen LogP contribution in [0.2, 0.25) is 0 Å². The van der Waals surface area contributed by atoms with Gasteiger partial charge in [-0.2, -0.15) is 11.8 Å². The van der Waals surface area contributed by atoms with Crippen LogP contribution < -0.4 is 5.32 Å². The lowest BCUT2D eigenvalue weighted by atomic mass is 10.0. The van der Waals surface area contributed by atoms with Gasteiger partial charge in [0.25, 0.3) is 0 Å². The van der Waals surface area contributed by atoms with Crippen molar-refractivity contribution >= 4 is 17.7 Å². The molecule has 20 heavy (non-hydrogen) atoms. The molecule has 1 aromatic heterocycles. The summed E-state index contributed by atoms with van der Waals surface area (Å²) in [6.45, 7) is 3.75. The zero-order valence-electron chi connectivity index (χ0n) is 11.6. The van der Waals surface area contributed by atoms with Crippen molar-refractivity contribution in [2.75, 3.05) is 18.9 Å². The quantitative estimate of drug-likeness (QED) is 0.858. The molecule has 2 aliphatic heterocycles. The van der Waals surface area contributed by atoms with Crippen LogP contribution in [0.1, 0.15) is 52.6 Å². The monoisotopic (exact) mass is 293 g/mol. The lowest BCUT2D eigenvalue weighted by molar-refractivity contribution is 0.0516. The van der Waals surface area contributed by atoms with Crippen molar-refractivity contribution in [3.63, 3.8) is 0 Å². The first kappa shape index (κ1) is 13.8.